The van der Waals surface area contributed by atoms with Gasteiger partial charge >= 0.3 is 11.9 Å². The summed E-state index contributed by atoms with van der Waals surface area (Å²) in [5.74, 6) is -2.19. The predicted molar refractivity (Wildman–Crippen MR) is 142 cm³/mol. The fourth-order valence-corrected chi connectivity index (χ4v) is 9.04. The average molecular weight is 583 g/mol. The summed E-state index contributed by atoms with van der Waals surface area (Å²) in [4.78, 5) is 63.5. The quantitative estimate of drug-likeness (QED) is 0.316. The summed E-state index contributed by atoms with van der Waals surface area (Å²) in [5, 5.41) is 0. The van der Waals surface area contributed by atoms with E-state index in [0.29, 0.717) is 32.1 Å². The summed E-state index contributed by atoms with van der Waals surface area (Å²) in [5.41, 5.74) is -0.781. The molecule has 0 aromatic rings. The molecule has 10 nitrogen and oxygen atoms in total. The second kappa shape index (κ2) is 11.3. The van der Waals surface area contributed by atoms with Crippen molar-refractivity contribution in [3.05, 3.63) is 0 Å². The molecule has 0 aromatic heterocycles. The largest absolute Gasteiger partial charge is 0.461 e. The summed E-state index contributed by atoms with van der Waals surface area (Å²) in [6, 6.07) is 0. The van der Waals surface area contributed by atoms with Gasteiger partial charge in [-0.15, -0.1) is 0 Å². The summed E-state index contributed by atoms with van der Waals surface area (Å²) < 4.78 is 40.2. The Morgan fingerprint density at radius 2 is 1.73 bits per heavy atom. The molecule has 0 aliphatic heterocycles. The summed E-state index contributed by atoms with van der Waals surface area (Å²) in [6.45, 7) is 7.44. The minimum absolute atomic E-state index is 0.00506. The van der Waals surface area contributed by atoms with E-state index < -0.39 is 39.3 Å². The maximum atomic E-state index is 13.9. The third-order valence-electron chi connectivity index (χ3n) is 10.8. The van der Waals surface area contributed by atoms with Crippen molar-refractivity contribution in [3.63, 3.8) is 0 Å². The van der Waals surface area contributed by atoms with Crippen LogP contribution < -0.4 is 0 Å². The highest BCUT2D eigenvalue weighted by molar-refractivity contribution is 7.86. The summed E-state index contributed by atoms with van der Waals surface area (Å²) in [6.07, 6.45) is 3.97. The van der Waals surface area contributed by atoms with Gasteiger partial charge in [0.1, 0.15) is 30.1 Å². The first-order chi connectivity index (χ1) is 18.6. The molecule has 1 N–H and O–H groups in total. The van der Waals surface area contributed by atoms with Gasteiger partial charge in [-0.3, -0.25) is 28.5 Å². The monoisotopic (exact) mass is 582 g/mol. The minimum atomic E-state index is -4.50. The van der Waals surface area contributed by atoms with Crippen molar-refractivity contribution in [2.75, 3.05) is 12.4 Å². The third kappa shape index (κ3) is 5.91. The van der Waals surface area contributed by atoms with Crippen LogP contribution in [0.5, 0.6) is 0 Å². The number of Topliss-reactive ketones (excluding diaryl/α,β-unsaturated/α-hetero) is 3. The SMILES string of the molecule is CC(COC(=O)CS(=O)(=O)O)OC(=O)CC[C@@H](C)[C@H]1CCC2C3C(=O)CC4CC(=O)CC[C@]4(C)C3CC(=O)[C@@]21C. The molecule has 0 amide bonds. The molecule has 5 unspecified atom stereocenters. The second-order valence-electron chi connectivity index (χ2n) is 13.2. The third-order valence-corrected chi connectivity index (χ3v) is 11.4. The Balaban J connectivity index is 1.35. The van der Waals surface area contributed by atoms with Crippen molar-refractivity contribution in [2.45, 2.75) is 91.6 Å². The second-order valence-corrected chi connectivity index (χ2v) is 14.6. The van der Waals surface area contributed by atoms with E-state index in [1.807, 2.05) is 13.8 Å². The summed E-state index contributed by atoms with van der Waals surface area (Å²) in [7, 11) is -4.50. The molecular weight excluding hydrogens is 540 g/mol. The molecule has 40 heavy (non-hydrogen) atoms. The molecule has 4 rings (SSSR count). The molecular formula is C29H42O10S. The van der Waals surface area contributed by atoms with Crippen molar-refractivity contribution in [2.24, 2.45) is 46.3 Å². The van der Waals surface area contributed by atoms with Crippen LogP contribution in [0.1, 0.15) is 85.5 Å². The van der Waals surface area contributed by atoms with Crippen molar-refractivity contribution >= 4 is 39.4 Å². The van der Waals surface area contributed by atoms with E-state index in [2.05, 4.69) is 6.92 Å². The molecule has 4 aliphatic carbocycles. The van der Waals surface area contributed by atoms with Gasteiger partial charge in [-0.1, -0.05) is 20.8 Å². The number of carbonyl (C=O) groups excluding carboxylic acids is 5. The normalized spacial score (nSPS) is 37.1. The lowest BCUT2D eigenvalue weighted by Gasteiger charge is -2.58. The Morgan fingerprint density at radius 3 is 2.40 bits per heavy atom. The first kappa shape index (κ1) is 30.8. The molecule has 0 saturated heterocycles. The highest BCUT2D eigenvalue weighted by Gasteiger charge is 2.66. The van der Waals surface area contributed by atoms with E-state index in [0.717, 1.165) is 19.3 Å². The number of fused-ring (bicyclic) bond motifs is 5. The molecule has 0 aromatic carbocycles. The molecule has 4 aliphatic rings. The Labute approximate surface area is 236 Å². The number of ether oxygens (including phenoxy) is 2. The fraction of sp³-hybridized carbons (Fsp3) is 0.828. The highest BCUT2D eigenvalue weighted by atomic mass is 32.2. The average Bonchev–Trinajstić information content (AvgIpc) is 3.20. The first-order valence-corrected chi connectivity index (χ1v) is 16.0. The molecule has 4 saturated carbocycles. The van der Waals surface area contributed by atoms with Crippen molar-refractivity contribution in [3.8, 4) is 0 Å². The zero-order valence-electron chi connectivity index (χ0n) is 23.8. The summed E-state index contributed by atoms with van der Waals surface area (Å²) >= 11 is 0. The van der Waals surface area contributed by atoms with Crippen LogP contribution in [0.2, 0.25) is 0 Å². The maximum absolute atomic E-state index is 13.9. The van der Waals surface area contributed by atoms with Gasteiger partial charge in [0.15, 0.2) is 5.75 Å². The van der Waals surface area contributed by atoms with Gasteiger partial charge in [-0.25, -0.2) is 0 Å². The van der Waals surface area contributed by atoms with E-state index >= 15 is 0 Å². The number of esters is 2. The maximum Gasteiger partial charge on any atom is 0.323 e. The van der Waals surface area contributed by atoms with E-state index in [1.54, 1.807) is 0 Å². The Hall–Kier alpha value is -2.14. The molecule has 9 atom stereocenters. The first-order valence-electron chi connectivity index (χ1n) is 14.4. The van der Waals surface area contributed by atoms with Gasteiger partial charge in [0.2, 0.25) is 0 Å². The minimum Gasteiger partial charge on any atom is -0.461 e. The van der Waals surface area contributed by atoms with Gasteiger partial charge in [-0.2, -0.15) is 8.42 Å². The number of rotatable bonds is 9. The standard InChI is InChI=1S/C29H42O10S/c1-16(5-8-25(33)39-17(2)14-38-26(34)15-40(35,36)37)20-6-7-21-27-22(13-24(32)29(20,21)4)28(3)10-9-19(30)11-18(28)12-23(27)31/h16-18,20-22,27H,5-15H2,1-4H3,(H,35,36,37)/t16-,17?,18?,20-,21?,22?,27?,28+,29-/m1/s1. The van der Waals surface area contributed by atoms with Crippen LogP contribution in [0.25, 0.3) is 0 Å². The fourth-order valence-electron chi connectivity index (χ4n) is 8.65. The highest BCUT2D eigenvalue weighted by Crippen LogP contribution is 2.66. The molecule has 0 heterocycles. The number of hydrogen-bond donors (Lipinski definition) is 1. The number of ketones is 3. The lowest BCUT2D eigenvalue weighted by Crippen LogP contribution is -2.60. The topological polar surface area (TPSA) is 158 Å². The Morgan fingerprint density at radius 1 is 1.02 bits per heavy atom. The van der Waals surface area contributed by atoms with Gasteiger partial charge in [-0.05, 0) is 67.6 Å². The van der Waals surface area contributed by atoms with Crippen molar-refractivity contribution in [1.82, 2.24) is 0 Å². The number of hydrogen-bond acceptors (Lipinski definition) is 9. The smallest absolute Gasteiger partial charge is 0.323 e. The molecule has 11 heteroatoms. The lowest BCUT2D eigenvalue weighted by molar-refractivity contribution is -0.166. The van der Waals surface area contributed by atoms with Gasteiger partial charge in [0, 0.05) is 43.4 Å². The van der Waals surface area contributed by atoms with Gasteiger partial charge < -0.3 is 9.47 Å². The van der Waals surface area contributed by atoms with Crippen LogP contribution in [-0.4, -0.2) is 60.7 Å². The van der Waals surface area contributed by atoms with E-state index in [-0.39, 0.29) is 71.3 Å². The molecule has 4 fully saturated rings. The molecule has 224 valence electrons. The zero-order valence-corrected chi connectivity index (χ0v) is 24.7. The van der Waals surface area contributed by atoms with E-state index in [9.17, 15) is 32.4 Å². The van der Waals surface area contributed by atoms with Crippen LogP contribution in [-0.2, 0) is 43.6 Å². The van der Waals surface area contributed by atoms with Crippen LogP contribution >= 0.6 is 0 Å². The van der Waals surface area contributed by atoms with E-state index in [1.165, 1.54) is 6.92 Å². The van der Waals surface area contributed by atoms with E-state index in [4.69, 9.17) is 14.0 Å². The molecule has 0 bridgehead atoms. The predicted octanol–water partition coefficient (Wildman–Crippen LogP) is 3.35. The molecule has 0 radical (unpaired) electrons. The Kier molecular flexibility index (Phi) is 8.68. The van der Waals surface area contributed by atoms with Crippen molar-refractivity contribution in [1.29, 1.82) is 0 Å². The lowest BCUT2D eigenvalue weighted by atomic mass is 9.44. The van der Waals surface area contributed by atoms with Crippen LogP contribution in [0, 0.1) is 46.3 Å². The number of carbonyl (C=O) groups is 5. The Bertz CT molecular complexity index is 1180. The van der Waals surface area contributed by atoms with Gasteiger partial charge in [0.05, 0.1) is 0 Å². The van der Waals surface area contributed by atoms with Crippen LogP contribution in [0.4, 0.5) is 0 Å². The van der Waals surface area contributed by atoms with Gasteiger partial charge in [0.25, 0.3) is 10.1 Å². The van der Waals surface area contributed by atoms with Crippen molar-refractivity contribution < 1.29 is 46.4 Å². The molecule has 0 spiro atoms. The zero-order chi connectivity index (χ0) is 29.6. The van der Waals surface area contributed by atoms with Crippen LogP contribution in [0.15, 0.2) is 0 Å². The van der Waals surface area contributed by atoms with Crippen LogP contribution in [0.3, 0.4) is 0 Å².